The fraction of sp³-hybridized carbons (Fsp3) is 0.727. The van der Waals surface area contributed by atoms with E-state index in [1.165, 1.54) is 6.42 Å². The molecule has 1 saturated heterocycles. The van der Waals surface area contributed by atoms with Crippen molar-refractivity contribution in [3.63, 3.8) is 0 Å². The first kappa shape index (κ1) is 10.6. The monoisotopic (exact) mass is 209 g/mol. The number of aromatic nitrogens is 1. The Morgan fingerprint density at radius 2 is 2.47 bits per heavy atom. The molecule has 2 rings (SSSR count). The van der Waals surface area contributed by atoms with Crippen LogP contribution in [0.5, 0.6) is 0 Å². The molecule has 0 bridgehead atoms. The molecule has 1 aliphatic heterocycles. The number of hydrogen-bond donors (Lipinski definition) is 1. The second kappa shape index (κ2) is 4.33. The molecule has 0 aromatic carbocycles. The molecular formula is C11H19N3O. The van der Waals surface area contributed by atoms with Crippen LogP contribution in [-0.2, 0) is 0 Å². The molecule has 1 aromatic heterocycles. The van der Waals surface area contributed by atoms with Gasteiger partial charge in [0.05, 0.1) is 11.7 Å². The van der Waals surface area contributed by atoms with Gasteiger partial charge >= 0.3 is 0 Å². The van der Waals surface area contributed by atoms with E-state index in [4.69, 9.17) is 4.42 Å². The Hall–Kier alpha value is -0.870. The maximum atomic E-state index is 5.55. The van der Waals surface area contributed by atoms with E-state index in [2.05, 4.69) is 29.2 Å². The zero-order valence-electron chi connectivity index (χ0n) is 9.66. The summed E-state index contributed by atoms with van der Waals surface area (Å²) in [6, 6.07) is 0.636. The molecule has 2 atom stereocenters. The van der Waals surface area contributed by atoms with Crippen LogP contribution in [-0.4, -0.2) is 30.5 Å². The number of nitrogens with zero attached hydrogens (tertiary/aromatic N) is 2. The van der Waals surface area contributed by atoms with Crippen molar-refractivity contribution in [2.75, 3.05) is 20.6 Å². The maximum Gasteiger partial charge on any atom is 0.211 e. The van der Waals surface area contributed by atoms with Gasteiger partial charge in [-0.1, -0.05) is 0 Å². The standard InChI is InChI=1S/C11H19N3O/c1-8(12-2)9-7-15-11(13-9)10-5-4-6-14(10)3/h7-8,10,12H,4-6H2,1-3H3. The van der Waals surface area contributed by atoms with Crippen LogP contribution in [0.3, 0.4) is 0 Å². The molecule has 15 heavy (non-hydrogen) atoms. The van der Waals surface area contributed by atoms with Gasteiger partial charge in [-0.15, -0.1) is 0 Å². The van der Waals surface area contributed by atoms with Crippen LogP contribution in [0.2, 0.25) is 0 Å². The minimum atomic E-state index is 0.259. The third-order valence-electron chi connectivity index (χ3n) is 3.22. The van der Waals surface area contributed by atoms with Gasteiger partial charge in [-0.2, -0.15) is 0 Å². The second-order valence-electron chi connectivity index (χ2n) is 4.26. The molecule has 4 heteroatoms. The summed E-state index contributed by atoms with van der Waals surface area (Å²) in [5, 5.41) is 3.16. The van der Waals surface area contributed by atoms with E-state index in [0.717, 1.165) is 24.6 Å². The summed E-state index contributed by atoms with van der Waals surface area (Å²) in [5.41, 5.74) is 0.993. The normalized spacial score (nSPS) is 24.6. The predicted molar refractivity (Wildman–Crippen MR) is 58.6 cm³/mol. The molecular weight excluding hydrogens is 190 g/mol. The summed E-state index contributed by atoms with van der Waals surface area (Å²) in [4.78, 5) is 6.85. The van der Waals surface area contributed by atoms with Crippen molar-refractivity contribution in [3.05, 3.63) is 17.8 Å². The average Bonchev–Trinajstić information content (AvgIpc) is 2.84. The number of oxazole rings is 1. The van der Waals surface area contributed by atoms with Crippen molar-refractivity contribution in [2.24, 2.45) is 0 Å². The van der Waals surface area contributed by atoms with Crippen molar-refractivity contribution in [3.8, 4) is 0 Å². The van der Waals surface area contributed by atoms with Gasteiger partial charge in [0, 0.05) is 6.04 Å². The summed E-state index contributed by atoms with van der Waals surface area (Å²) in [7, 11) is 4.06. The Morgan fingerprint density at radius 1 is 1.67 bits per heavy atom. The van der Waals surface area contributed by atoms with Crippen LogP contribution in [0.15, 0.2) is 10.7 Å². The highest BCUT2D eigenvalue weighted by Crippen LogP contribution is 2.30. The van der Waals surface area contributed by atoms with Crippen LogP contribution < -0.4 is 5.32 Å². The molecule has 0 saturated carbocycles. The van der Waals surface area contributed by atoms with Crippen LogP contribution in [0.25, 0.3) is 0 Å². The van der Waals surface area contributed by atoms with Gasteiger partial charge in [-0.25, -0.2) is 4.98 Å². The largest absolute Gasteiger partial charge is 0.447 e. The van der Waals surface area contributed by atoms with E-state index in [9.17, 15) is 0 Å². The molecule has 1 aliphatic rings. The summed E-state index contributed by atoms with van der Waals surface area (Å²) < 4.78 is 5.55. The summed E-state index contributed by atoms with van der Waals surface area (Å²) in [5.74, 6) is 0.868. The van der Waals surface area contributed by atoms with Crippen molar-refractivity contribution >= 4 is 0 Å². The minimum Gasteiger partial charge on any atom is -0.447 e. The Balaban J connectivity index is 2.12. The van der Waals surface area contributed by atoms with Crippen molar-refractivity contribution < 1.29 is 4.42 Å². The lowest BCUT2D eigenvalue weighted by Gasteiger charge is -2.15. The zero-order valence-corrected chi connectivity index (χ0v) is 9.66. The van der Waals surface area contributed by atoms with E-state index >= 15 is 0 Å². The van der Waals surface area contributed by atoms with E-state index in [-0.39, 0.29) is 6.04 Å². The van der Waals surface area contributed by atoms with Gasteiger partial charge in [0.1, 0.15) is 6.26 Å². The molecule has 2 heterocycles. The molecule has 0 radical (unpaired) electrons. The zero-order chi connectivity index (χ0) is 10.8. The molecule has 0 amide bonds. The van der Waals surface area contributed by atoms with E-state index in [0.29, 0.717) is 6.04 Å². The smallest absolute Gasteiger partial charge is 0.211 e. The fourth-order valence-electron chi connectivity index (χ4n) is 2.02. The van der Waals surface area contributed by atoms with Gasteiger partial charge in [0.15, 0.2) is 0 Å². The first-order chi connectivity index (χ1) is 7.22. The average molecular weight is 209 g/mol. The van der Waals surface area contributed by atoms with Crippen LogP contribution >= 0.6 is 0 Å². The second-order valence-corrected chi connectivity index (χ2v) is 4.26. The predicted octanol–water partition coefficient (Wildman–Crippen LogP) is 1.72. The first-order valence-corrected chi connectivity index (χ1v) is 5.55. The van der Waals surface area contributed by atoms with Crippen LogP contribution in [0, 0.1) is 0 Å². The van der Waals surface area contributed by atoms with Gasteiger partial charge in [-0.3, -0.25) is 4.90 Å². The highest BCUT2D eigenvalue weighted by molar-refractivity contribution is 5.05. The lowest BCUT2D eigenvalue weighted by atomic mass is 10.2. The molecule has 2 unspecified atom stereocenters. The Bertz CT molecular complexity index is 323. The van der Waals surface area contributed by atoms with E-state index < -0.39 is 0 Å². The molecule has 1 fully saturated rings. The van der Waals surface area contributed by atoms with E-state index in [1.807, 2.05) is 7.05 Å². The Labute approximate surface area is 90.7 Å². The summed E-state index contributed by atoms with van der Waals surface area (Å²) >= 11 is 0. The highest BCUT2D eigenvalue weighted by atomic mass is 16.3. The van der Waals surface area contributed by atoms with Gasteiger partial charge in [0.2, 0.25) is 5.89 Å². The molecule has 0 spiro atoms. The minimum absolute atomic E-state index is 0.259. The van der Waals surface area contributed by atoms with Gasteiger partial charge in [0.25, 0.3) is 0 Å². The van der Waals surface area contributed by atoms with Crippen LogP contribution in [0.4, 0.5) is 0 Å². The lowest BCUT2D eigenvalue weighted by Crippen LogP contribution is -2.18. The van der Waals surface area contributed by atoms with Gasteiger partial charge in [-0.05, 0) is 40.4 Å². The summed E-state index contributed by atoms with van der Waals surface area (Å²) in [6.45, 7) is 3.23. The molecule has 0 aliphatic carbocycles. The van der Waals surface area contributed by atoms with Crippen LogP contribution in [0.1, 0.15) is 43.4 Å². The number of hydrogen-bond acceptors (Lipinski definition) is 4. The van der Waals surface area contributed by atoms with E-state index in [1.54, 1.807) is 6.26 Å². The molecule has 84 valence electrons. The molecule has 1 N–H and O–H groups in total. The third kappa shape index (κ3) is 2.06. The van der Waals surface area contributed by atoms with Crippen molar-refractivity contribution in [2.45, 2.75) is 31.8 Å². The number of rotatable bonds is 3. The first-order valence-electron chi connectivity index (χ1n) is 5.55. The Kier molecular flexibility index (Phi) is 3.07. The summed E-state index contributed by atoms with van der Waals surface area (Å²) in [6.07, 6.45) is 4.16. The fourth-order valence-corrected chi connectivity index (χ4v) is 2.02. The highest BCUT2D eigenvalue weighted by Gasteiger charge is 2.27. The molecule has 4 nitrogen and oxygen atoms in total. The lowest BCUT2D eigenvalue weighted by molar-refractivity contribution is 0.268. The number of nitrogens with one attached hydrogen (secondary N) is 1. The third-order valence-corrected chi connectivity index (χ3v) is 3.22. The quantitative estimate of drug-likeness (QED) is 0.823. The van der Waals surface area contributed by atoms with Crippen molar-refractivity contribution in [1.29, 1.82) is 0 Å². The molecule has 1 aromatic rings. The van der Waals surface area contributed by atoms with Gasteiger partial charge < -0.3 is 9.73 Å². The maximum absolute atomic E-state index is 5.55. The topological polar surface area (TPSA) is 41.3 Å². The Morgan fingerprint density at radius 3 is 3.07 bits per heavy atom. The SMILES string of the molecule is CNC(C)c1coc(C2CCCN2C)n1. The van der Waals surface area contributed by atoms with Crippen molar-refractivity contribution in [1.82, 2.24) is 15.2 Å². The number of likely N-dealkylation sites (tertiary alicyclic amines) is 1.